The molecule has 148 valence electrons. The molecule has 1 fully saturated rings. The van der Waals surface area contributed by atoms with Crippen molar-refractivity contribution in [2.75, 3.05) is 19.7 Å². The maximum absolute atomic E-state index is 12.2. The summed E-state index contributed by atoms with van der Waals surface area (Å²) < 4.78 is 4.77. The molecule has 0 bridgehead atoms. The first-order valence-electron chi connectivity index (χ1n) is 9.03. The first-order valence-corrected chi connectivity index (χ1v) is 9.03. The normalized spacial score (nSPS) is 21.2. The monoisotopic (exact) mass is 379 g/mol. The predicted molar refractivity (Wildman–Crippen MR) is 94.0 cm³/mol. The summed E-state index contributed by atoms with van der Waals surface area (Å²) in [6.07, 6.45) is 5.44. The van der Waals surface area contributed by atoms with Gasteiger partial charge in [-0.1, -0.05) is 26.0 Å². The van der Waals surface area contributed by atoms with Gasteiger partial charge < -0.3 is 10.1 Å². The van der Waals surface area contributed by atoms with Crippen molar-refractivity contribution < 1.29 is 28.7 Å². The number of ether oxygens (including phenoxy) is 1. The molecule has 2 N–H and O–H groups in total. The van der Waals surface area contributed by atoms with Gasteiger partial charge in [-0.05, 0) is 25.2 Å². The van der Waals surface area contributed by atoms with Crippen LogP contribution < -0.4 is 10.6 Å². The molecule has 27 heavy (non-hydrogen) atoms. The summed E-state index contributed by atoms with van der Waals surface area (Å²) >= 11 is 0. The third kappa shape index (κ3) is 5.63. The minimum atomic E-state index is -0.876. The zero-order chi connectivity index (χ0) is 20.0. The van der Waals surface area contributed by atoms with Gasteiger partial charge in [0.2, 0.25) is 11.8 Å². The maximum Gasteiger partial charge on any atom is 0.326 e. The first-order chi connectivity index (χ1) is 12.8. The largest absolute Gasteiger partial charge is 0.454 e. The van der Waals surface area contributed by atoms with E-state index in [0.29, 0.717) is 25.3 Å². The van der Waals surface area contributed by atoms with E-state index in [1.807, 2.05) is 31.3 Å². The maximum atomic E-state index is 12.2. The number of allylic oxidation sites excluding steroid dienone is 2. The number of nitrogens with zero attached hydrogens (tertiary/aromatic N) is 1. The van der Waals surface area contributed by atoms with E-state index in [-0.39, 0.29) is 11.8 Å². The Kier molecular flexibility index (Phi) is 7.09. The van der Waals surface area contributed by atoms with Crippen molar-refractivity contribution in [2.24, 2.45) is 17.8 Å². The molecule has 0 aromatic rings. The van der Waals surface area contributed by atoms with Gasteiger partial charge in [-0.25, -0.2) is 4.79 Å². The van der Waals surface area contributed by atoms with Gasteiger partial charge in [0.25, 0.3) is 5.91 Å². The molecular weight excluding hydrogens is 354 g/mol. The second-order valence-electron chi connectivity index (χ2n) is 7.07. The Balaban J connectivity index is 1.71. The van der Waals surface area contributed by atoms with Crippen molar-refractivity contribution in [1.82, 2.24) is 15.5 Å². The van der Waals surface area contributed by atoms with E-state index in [1.54, 1.807) is 0 Å². The van der Waals surface area contributed by atoms with Crippen LogP contribution in [0.15, 0.2) is 12.2 Å². The molecule has 0 spiro atoms. The fourth-order valence-corrected chi connectivity index (χ4v) is 3.03. The number of rotatable bonds is 7. The van der Waals surface area contributed by atoms with Gasteiger partial charge >= 0.3 is 12.0 Å². The molecule has 2 atom stereocenters. The second kappa shape index (κ2) is 9.29. The van der Waals surface area contributed by atoms with Gasteiger partial charge in [0.1, 0.15) is 6.54 Å². The molecule has 1 saturated heterocycles. The molecular formula is C18H25N3O6. The van der Waals surface area contributed by atoms with Crippen LogP contribution in [0.25, 0.3) is 0 Å². The molecule has 1 aliphatic heterocycles. The molecule has 0 aromatic heterocycles. The molecule has 0 saturated carbocycles. The number of esters is 1. The number of imide groups is 2. The SMILES string of the molecule is CC(C)CCNC(=O)NC(=O)COC(=O)CN1C(=O)[C@H]2CC=CC[C@H]2C1=O. The summed E-state index contributed by atoms with van der Waals surface area (Å²) in [6, 6.07) is -0.668. The quantitative estimate of drug-likeness (QED) is 0.374. The fourth-order valence-electron chi connectivity index (χ4n) is 3.03. The molecule has 5 amide bonds. The lowest BCUT2D eigenvalue weighted by Crippen LogP contribution is -2.42. The van der Waals surface area contributed by atoms with Gasteiger partial charge in [-0.15, -0.1) is 0 Å². The van der Waals surface area contributed by atoms with Gasteiger partial charge in [0.15, 0.2) is 6.61 Å². The van der Waals surface area contributed by atoms with Gasteiger partial charge in [0, 0.05) is 6.54 Å². The summed E-state index contributed by atoms with van der Waals surface area (Å²) in [5, 5.41) is 4.56. The van der Waals surface area contributed by atoms with Crippen LogP contribution in [0.5, 0.6) is 0 Å². The highest BCUT2D eigenvalue weighted by molar-refractivity contribution is 6.07. The molecule has 2 aliphatic rings. The summed E-state index contributed by atoms with van der Waals surface area (Å²) in [6.45, 7) is 3.24. The first kappa shape index (κ1) is 20.6. The van der Waals surface area contributed by atoms with Crippen LogP contribution in [0.1, 0.15) is 33.1 Å². The van der Waals surface area contributed by atoms with E-state index in [1.165, 1.54) is 0 Å². The summed E-state index contributed by atoms with van der Waals surface area (Å²) in [5.74, 6) is -2.87. The van der Waals surface area contributed by atoms with Gasteiger partial charge in [-0.2, -0.15) is 0 Å². The Morgan fingerprint density at radius 3 is 2.30 bits per heavy atom. The van der Waals surface area contributed by atoms with E-state index in [4.69, 9.17) is 4.74 Å². The smallest absolute Gasteiger partial charge is 0.326 e. The van der Waals surface area contributed by atoms with Crippen LogP contribution >= 0.6 is 0 Å². The van der Waals surface area contributed by atoms with Crippen LogP contribution in [-0.4, -0.2) is 54.3 Å². The number of hydrogen-bond acceptors (Lipinski definition) is 6. The van der Waals surface area contributed by atoms with Crippen molar-refractivity contribution >= 4 is 29.7 Å². The highest BCUT2D eigenvalue weighted by Gasteiger charge is 2.47. The van der Waals surface area contributed by atoms with Crippen molar-refractivity contribution in [3.63, 3.8) is 0 Å². The average Bonchev–Trinajstić information content (AvgIpc) is 2.85. The van der Waals surface area contributed by atoms with E-state index in [0.717, 1.165) is 11.3 Å². The number of carbonyl (C=O) groups is 5. The van der Waals surface area contributed by atoms with Gasteiger partial charge in [0.05, 0.1) is 11.8 Å². The molecule has 9 nitrogen and oxygen atoms in total. The summed E-state index contributed by atoms with van der Waals surface area (Å²) in [5.41, 5.74) is 0. The van der Waals surface area contributed by atoms with Crippen LogP contribution in [0.2, 0.25) is 0 Å². The van der Waals surface area contributed by atoms with Crippen LogP contribution in [-0.2, 0) is 23.9 Å². The Hall–Kier alpha value is -2.71. The Bertz CT molecular complexity index is 631. The zero-order valence-corrected chi connectivity index (χ0v) is 15.5. The third-order valence-electron chi connectivity index (χ3n) is 4.51. The average molecular weight is 379 g/mol. The minimum absolute atomic E-state index is 0.389. The number of amides is 5. The van der Waals surface area contributed by atoms with Crippen LogP contribution in [0.4, 0.5) is 4.79 Å². The third-order valence-corrected chi connectivity index (χ3v) is 4.51. The number of likely N-dealkylation sites (tertiary alicyclic amines) is 1. The summed E-state index contributed by atoms with van der Waals surface area (Å²) in [4.78, 5) is 60.4. The van der Waals surface area contributed by atoms with Crippen molar-refractivity contribution in [2.45, 2.75) is 33.1 Å². The van der Waals surface area contributed by atoms with Gasteiger partial charge in [-0.3, -0.25) is 29.4 Å². The van der Waals surface area contributed by atoms with E-state index < -0.39 is 42.9 Å². The van der Waals surface area contributed by atoms with E-state index in [9.17, 15) is 24.0 Å². The van der Waals surface area contributed by atoms with Crippen LogP contribution in [0, 0.1) is 17.8 Å². The van der Waals surface area contributed by atoms with Crippen molar-refractivity contribution in [3.05, 3.63) is 12.2 Å². The molecule has 1 aliphatic carbocycles. The molecule has 1 heterocycles. The Labute approximate surface area is 157 Å². The highest BCUT2D eigenvalue weighted by Crippen LogP contribution is 2.34. The number of carbonyl (C=O) groups excluding carboxylic acids is 5. The van der Waals surface area contributed by atoms with Crippen molar-refractivity contribution in [1.29, 1.82) is 0 Å². The topological polar surface area (TPSA) is 122 Å². The molecule has 0 radical (unpaired) electrons. The number of hydrogen-bond donors (Lipinski definition) is 2. The molecule has 0 aromatic carbocycles. The lowest BCUT2D eigenvalue weighted by Gasteiger charge is -2.14. The Morgan fingerprint density at radius 1 is 1.15 bits per heavy atom. The van der Waals surface area contributed by atoms with E-state index in [2.05, 4.69) is 5.32 Å². The van der Waals surface area contributed by atoms with Crippen molar-refractivity contribution in [3.8, 4) is 0 Å². The number of nitrogens with one attached hydrogen (secondary N) is 2. The minimum Gasteiger partial charge on any atom is -0.454 e. The highest BCUT2D eigenvalue weighted by atomic mass is 16.5. The predicted octanol–water partition coefficient (Wildman–Crippen LogP) is 0.353. The molecule has 2 rings (SSSR count). The lowest BCUT2D eigenvalue weighted by atomic mass is 9.85. The fraction of sp³-hybridized carbons (Fsp3) is 0.611. The molecule has 0 unspecified atom stereocenters. The van der Waals surface area contributed by atoms with E-state index >= 15 is 0 Å². The number of fused-ring (bicyclic) bond motifs is 1. The van der Waals surface area contributed by atoms with Crippen LogP contribution in [0.3, 0.4) is 0 Å². The Morgan fingerprint density at radius 2 is 1.74 bits per heavy atom. The summed E-state index contributed by atoms with van der Waals surface area (Å²) in [7, 11) is 0. The second-order valence-corrected chi connectivity index (χ2v) is 7.07. The standard InChI is InChI=1S/C18H25N3O6/c1-11(2)7-8-19-18(26)20-14(22)10-27-15(23)9-21-16(24)12-5-3-4-6-13(12)17(21)25/h3-4,11-13H,5-10H2,1-2H3,(H2,19,20,22,26)/t12-,13+. The number of urea groups is 1. The lowest BCUT2D eigenvalue weighted by molar-refractivity contribution is -0.154. The zero-order valence-electron chi connectivity index (χ0n) is 15.5. The molecule has 9 heteroatoms.